The maximum absolute atomic E-state index is 12.7. The first-order valence-corrected chi connectivity index (χ1v) is 7.03. The molecule has 0 bridgehead atoms. The number of benzene rings is 1. The number of pyridine rings is 1. The van der Waals surface area contributed by atoms with Gasteiger partial charge in [0, 0.05) is 7.05 Å². The molecular formula is C15H14N5O3-. The van der Waals surface area contributed by atoms with E-state index in [1.54, 1.807) is 12.1 Å². The third-order valence-electron chi connectivity index (χ3n) is 3.81. The van der Waals surface area contributed by atoms with Crippen LogP contribution in [0.2, 0.25) is 0 Å². The van der Waals surface area contributed by atoms with Gasteiger partial charge in [0.15, 0.2) is 0 Å². The normalized spacial score (nSPS) is 11.3. The number of carbonyl (C=O) groups excluding carboxylic acids is 1. The molecule has 0 spiro atoms. The van der Waals surface area contributed by atoms with Crippen LogP contribution in [0, 0.1) is 0 Å². The van der Waals surface area contributed by atoms with Crippen molar-refractivity contribution in [3.63, 3.8) is 0 Å². The van der Waals surface area contributed by atoms with Gasteiger partial charge in [-0.1, -0.05) is 25.7 Å². The van der Waals surface area contributed by atoms with Gasteiger partial charge < -0.3 is 9.67 Å². The van der Waals surface area contributed by atoms with E-state index in [2.05, 4.69) is 20.6 Å². The molecule has 0 saturated heterocycles. The topological polar surface area (TPSA) is 117 Å². The van der Waals surface area contributed by atoms with Crippen molar-refractivity contribution in [1.82, 2.24) is 25.2 Å². The third kappa shape index (κ3) is 2.28. The molecule has 118 valence electrons. The predicted octanol–water partition coefficient (Wildman–Crippen LogP) is 0.480. The lowest BCUT2D eigenvalue weighted by molar-refractivity contribution is -0.266. The van der Waals surface area contributed by atoms with Crippen LogP contribution in [0.15, 0.2) is 23.0 Å². The zero-order valence-electron chi connectivity index (χ0n) is 12.8. The fourth-order valence-corrected chi connectivity index (χ4v) is 2.47. The first kappa shape index (κ1) is 14.9. The highest BCUT2D eigenvalue weighted by molar-refractivity contribution is 6.10. The second-order valence-corrected chi connectivity index (χ2v) is 5.56. The lowest BCUT2D eigenvalue weighted by atomic mass is 9.99. The lowest BCUT2D eigenvalue weighted by Crippen LogP contribution is -2.28. The van der Waals surface area contributed by atoms with Gasteiger partial charge in [-0.15, -0.1) is 10.2 Å². The van der Waals surface area contributed by atoms with Crippen LogP contribution in [-0.2, 0) is 7.05 Å². The van der Waals surface area contributed by atoms with Crippen molar-refractivity contribution in [2.75, 3.05) is 0 Å². The van der Waals surface area contributed by atoms with Crippen LogP contribution in [-0.4, -0.2) is 31.0 Å². The second kappa shape index (κ2) is 5.31. The quantitative estimate of drug-likeness (QED) is 0.703. The van der Waals surface area contributed by atoms with Crippen molar-refractivity contribution in [3.8, 4) is 5.75 Å². The molecule has 0 fully saturated rings. The molecule has 8 nitrogen and oxygen atoms in total. The number of aromatic amines is 1. The Kier molecular flexibility index (Phi) is 3.44. The van der Waals surface area contributed by atoms with Crippen LogP contribution in [0.1, 0.15) is 41.5 Å². The lowest BCUT2D eigenvalue weighted by Gasteiger charge is -2.19. The van der Waals surface area contributed by atoms with Gasteiger partial charge in [0.05, 0.1) is 11.1 Å². The van der Waals surface area contributed by atoms with Gasteiger partial charge in [-0.2, -0.15) is 5.21 Å². The van der Waals surface area contributed by atoms with E-state index in [1.165, 1.54) is 11.6 Å². The summed E-state index contributed by atoms with van der Waals surface area (Å²) in [6.07, 6.45) is 0. The zero-order chi connectivity index (χ0) is 16.7. The molecule has 1 aromatic carbocycles. The van der Waals surface area contributed by atoms with Crippen LogP contribution < -0.4 is 10.7 Å². The Morgan fingerprint density at radius 2 is 2.09 bits per heavy atom. The van der Waals surface area contributed by atoms with E-state index in [9.17, 15) is 14.7 Å². The van der Waals surface area contributed by atoms with E-state index in [0.717, 1.165) is 5.56 Å². The Labute approximate surface area is 130 Å². The number of nitrogens with one attached hydrogen (secondary N) is 1. The Morgan fingerprint density at radius 3 is 2.70 bits per heavy atom. The van der Waals surface area contributed by atoms with E-state index in [1.807, 2.05) is 19.9 Å². The van der Waals surface area contributed by atoms with Crippen molar-refractivity contribution in [2.24, 2.45) is 7.05 Å². The van der Waals surface area contributed by atoms with Gasteiger partial charge in [0.25, 0.3) is 5.56 Å². The van der Waals surface area contributed by atoms with E-state index < -0.39 is 22.7 Å². The minimum atomic E-state index is -0.832. The van der Waals surface area contributed by atoms with Gasteiger partial charge >= 0.3 is 0 Å². The number of aryl methyl sites for hydroxylation is 1. The molecule has 0 saturated carbocycles. The van der Waals surface area contributed by atoms with Gasteiger partial charge in [0.1, 0.15) is 0 Å². The molecule has 1 N–H and O–H groups in total. The van der Waals surface area contributed by atoms with Crippen molar-refractivity contribution < 1.29 is 9.90 Å². The van der Waals surface area contributed by atoms with Crippen molar-refractivity contribution in [1.29, 1.82) is 0 Å². The highest BCUT2D eigenvalue weighted by atomic mass is 16.3. The molecule has 23 heavy (non-hydrogen) atoms. The van der Waals surface area contributed by atoms with Crippen molar-refractivity contribution in [2.45, 2.75) is 19.8 Å². The van der Waals surface area contributed by atoms with Crippen LogP contribution in [0.3, 0.4) is 0 Å². The van der Waals surface area contributed by atoms with E-state index >= 15 is 0 Å². The monoisotopic (exact) mass is 312 g/mol. The molecule has 2 aromatic heterocycles. The molecule has 0 atom stereocenters. The highest BCUT2D eigenvalue weighted by Gasteiger charge is 2.21. The molecular weight excluding hydrogens is 298 g/mol. The number of rotatable bonds is 3. The summed E-state index contributed by atoms with van der Waals surface area (Å²) in [7, 11) is 1.52. The largest absolute Gasteiger partial charge is 0.871 e. The molecule has 0 aliphatic carbocycles. The fraction of sp³-hybridized carbons (Fsp3) is 0.267. The number of fused-ring (bicyclic) bond motifs is 1. The number of aromatic nitrogens is 5. The average molecular weight is 312 g/mol. The maximum atomic E-state index is 12.7. The first-order chi connectivity index (χ1) is 10.9. The van der Waals surface area contributed by atoms with Gasteiger partial charge in [-0.25, -0.2) is 0 Å². The molecule has 0 aliphatic rings. The van der Waals surface area contributed by atoms with E-state index in [-0.39, 0.29) is 11.7 Å². The number of ketones is 1. The van der Waals surface area contributed by atoms with E-state index in [4.69, 9.17) is 0 Å². The summed E-state index contributed by atoms with van der Waals surface area (Å²) >= 11 is 0. The molecule has 2 heterocycles. The maximum Gasteiger partial charge on any atom is 0.261 e. The standard InChI is InChI=1S/C15H15N5O3/c1-7(2)8-4-5-10-9(6-8)12(21)11(15(23)20(10)3)13(22)14-16-18-19-17-14/h4-7,21H,1-3H3,(H,16,17,18,19)/p-1. The fourth-order valence-electron chi connectivity index (χ4n) is 2.47. The summed E-state index contributed by atoms with van der Waals surface area (Å²) in [6, 6.07) is 5.30. The van der Waals surface area contributed by atoms with Crippen LogP contribution in [0.4, 0.5) is 0 Å². The number of nitrogens with zero attached hydrogens (tertiary/aromatic N) is 4. The Balaban J connectivity index is 2.34. The summed E-state index contributed by atoms with van der Waals surface area (Å²) in [5.41, 5.74) is 0.289. The summed E-state index contributed by atoms with van der Waals surface area (Å²) in [5, 5.41) is 25.5. The van der Waals surface area contributed by atoms with Crippen LogP contribution >= 0.6 is 0 Å². The predicted molar refractivity (Wildman–Crippen MR) is 80.3 cm³/mol. The van der Waals surface area contributed by atoms with Gasteiger partial charge in [0.2, 0.25) is 11.6 Å². The summed E-state index contributed by atoms with van der Waals surface area (Å²) in [6.45, 7) is 4.00. The minimum Gasteiger partial charge on any atom is -0.871 e. The Hall–Kier alpha value is -3.03. The third-order valence-corrected chi connectivity index (χ3v) is 3.81. The van der Waals surface area contributed by atoms with Crippen molar-refractivity contribution in [3.05, 3.63) is 45.5 Å². The Bertz CT molecular complexity index is 957. The smallest absolute Gasteiger partial charge is 0.261 e. The van der Waals surface area contributed by atoms with Gasteiger partial charge in [-0.05, 0) is 34.2 Å². The molecule has 0 unspecified atom stereocenters. The number of H-pyrrole nitrogens is 1. The highest BCUT2D eigenvalue weighted by Crippen LogP contribution is 2.28. The molecule has 0 radical (unpaired) electrons. The van der Waals surface area contributed by atoms with Gasteiger partial charge in [-0.3, -0.25) is 9.59 Å². The first-order valence-electron chi connectivity index (χ1n) is 7.03. The molecule has 0 amide bonds. The number of hydrogen-bond donors (Lipinski definition) is 1. The summed E-state index contributed by atoms with van der Waals surface area (Å²) < 4.78 is 1.29. The van der Waals surface area contributed by atoms with Crippen LogP contribution in [0.25, 0.3) is 10.9 Å². The number of carbonyl (C=O) groups is 1. The Morgan fingerprint density at radius 1 is 1.35 bits per heavy atom. The van der Waals surface area contributed by atoms with E-state index in [0.29, 0.717) is 10.9 Å². The molecule has 3 aromatic rings. The average Bonchev–Trinajstić information content (AvgIpc) is 3.06. The number of hydrogen-bond acceptors (Lipinski definition) is 6. The zero-order valence-corrected chi connectivity index (χ0v) is 12.8. The number of tetrazole rings is 1. The molecule has 8 heteroatoms. The second-order valence-electron chi connectivity index (χ2n) is 5.56. The summed E-state index contributed by atoms with van der Waals surface area (Å²) in [4.78, 5) is 24.8. The van der Waals surface area contributed by atoms with Crippen molar-refractivity contribution >= 4 is 16.7 Å². The summed E-state index contributed by atoms with van der Waals surface area (Å²) in [5.74, 6) is -1.53. The van der Waals surface area contributed by atoms with Crippen LogP contribution in [0.5, 0.6) is 5.75 Å². The molecule has 0 aliphatic heterocycles. The SMILES string of the molecule is CC(C)c1ccc2c(c1)c([O-])c(C(=O)c1nn[nH]n1)c(=O)n2C. The minimum absolute atomic E-state index is 0.215. The molecule has 3 rings (SSSR count).